The van der Waals surface area contributed by atoms with Gasteiger partial charge in [0.25, 0.3) is 0 Å². The predicted molar refractivity (Wildman–Crippen MR) is 69.9 cm³/mol. The lowest BCUT2D eigenvalue weighted by atomic mass is 10.3. The number of carbonyl (C=O) groups excluding carboxylic acids is 1. The van der Waals surface area contributed by atoms with Crippen LogP contribution in [-0.2, 0) is 19.6 Å². The summed E-state index contributed by atoms with van der Waals surface area (Å²) >= 11 is 0. The van der Waals surface area contributed by atoms with E-state index in [1.807, 2.05) is 0 Å². The van der Waals surface area contributed by atoms with E-state index in [2.05, 4.69) is 14.4 Å². The first kappa shape index (κ1) is 15.9. The number of carbonyl (C=O) groups is 2. The highest BCUT2D eigenvalue weighted by Gasteiger charge is 2.15. The summed E-state index contributed by atoms with van der Waals surface area (Å²) in [4.78, 5) is 25.5. The first-order chi connectivity index (χ1) is 9.34. The molecule has 0 amide bonds. The Labute approximate surface area is 115 Å². The summed E-state index contributed by atoms with van der Waals surface area (Å²) in [5.41, 5.74) is -0.0944. The van der Waals surface area contributed by atoms with Gasteiger partial charge < -0.3 is 9.84 Å². The van der Waals surface area contributed by atoms with Crippen LogP contribution >= 0.6 is 0 Å². The molecule has 0 spiro atoms. The van der Waals surface area contributed by atoms with Gasteiger partial charge in [-0.1, -0.05) is 0 Å². The van der Waals surface area contributed by atoms with Crippen LogP contribution in [0.4, 0.5) is 5.82 Å². The maximum absolute atomic E-state index is 11.7. The molecule has 110 valence electrons. The highest BCUT2D eigenvalue weighted by molar-refractivity contribution is 7.92. The number of rotatable bonds is 7. The topological polar surface area (TPSA) is 123 Å². The molecular formula is C11H14N2O6S. The van der Waals surface area contributed by atoms with Crippen LogP contribution in [0.2, 0.25) is 0 Å². The average molecular weight is 302 g/mol. The van der Waals surface area contributed by atoms with E-state index in [1.165, 1.54) is 12.3 Å². The molecule has 8 nitrogen and oxygen atoms in total. The van der Waals surface area contributed by atoms with Crippen LogP contribution < -0.4 is 4.72 Å². The molecule has 0 saturated carbocycles. The third-order valence-corrected chi connectivity index (χ3v) is 3.41. The molecule has 1 heterocycles. The number of hydrogen-bond donors (Lipinski definition) is 2. The highest BCUT2D eigenvalue weighted by atomic mass is 32.2. The van der Waals surface area contributed by atoms with Crippen molar-refractivity contribution in [2.24, 2.45) is 0 Å². The number of aromatic carboxylic acids is 1. The summed E-state index contributed by atoms with van der Waals surface area (Å²) in [6.07, 6.45) is 0.883. The fourth-order valence-electron chi connectivity index (χ4n) is 1.28. The van der Waals surface area contributed by atoms with Crippen molar-refractivity contribution in [3.63, 3.8) is 0 Å². The van der Waals surface area contributed by atoms with Gasteiger partial charge in [-0.05, 0) is 19.1 Å². The van der Waals surface area contributed by atoms with Gasteiger partial charge >= 0.3 is 11.9 Å². The van der Waals surface area contributed by atoms with Crippen LogP contribution in [0.1, 0.15) is 23.7 Å². The first-order valence-electron chi connectivity index (χ1n) is 5.69. The van der Waals surface area contributed by atoms with Crippen LogP contribution in [0.15, 0.2) is 18.3 Å². The molecule has 0 aromatic carbocycles. The van der Waals surface area contributed by atoms with Gasteiger partial charge in [0, 0.05) is 6.20 Å². The number of nitrogens with one attached hydrogen (secondary N) is 1. The molecule has 0 bridgehead atoms. The van der Waals surface area contributed by atoms with E-state index in [-0.39, 0.29) is 24.4 Å². The number of anilines is 1. The number of nitrogens with zero attached hydrogens (tertiary/aromatic N) is 1. The summed E-state index contributed by atoms with van der Waals surface area (Å²) in [6.45, 7) is 1.79. The molecule has 1 aromatic rings. The summed E-state index contributed by atoms with van der Waals surface area (Å²) in [5.74, 6) is -2.40. The summed E-state index contributed by atoms with van der Waals surface area (Å²) in [7, 11) is -3.80. The van der Waals surface area contributed by atoms with Gasteiger partial charge in [0.05, 0.1) is 24.3 Å². The number of sulfonamides is 1. The van der Waals surface area contributed by atoms with Gasteiger partial charge in [-0.3, -0.25) is 9.52 Å². The Morgan fingerprint density at radius 3 is 2.75 bits per heavy atom. The predicted octanol–water partition coefficient (Wildman–Crippen LogP) is 0.475. The average Bonchev–Trinajstić information content (AvgIpc) is 2.37. The zero-order valence-electron chi connectivity index (χ0n) is 10.7. The van der Waals surface area contributed by atoms with E-state index in [4.69, 9.17) is 5.11 Å². The van der Waals surface area contributed by atoms with E-state index in [0.29, 0.717) is 0 Å². The van der Waals surface area contributed by atoms with Crippen LogP contribution in [-0.4, -0.2) is 42.8 Å². The number of hydrogen-bond acceptors (Lipinski definition) is 6. The third-order valence-electron chi connectivity index (χ3n) is 2.15. The van der Waals surface area contributed by atoms with E-state index in [0.717, 1.165) is 6.07 Å². The van der Waals surface area contributed by atoms with Crippen molar-refractivity contribution in [2.45, 2.75) is 13.3 Å². The van der Waals surface area contributed by atoms with Gasteiger partial charge in [0.2, 0.25) is 10.0 Å². The standard InChI is InChI=1S/C11H14N2O6S/c1-2-19-10(14)4-6-20(17,18)13-9-7-8(11(15)16)3-5-12-9/h3,5,7H,2,4,6H2,1H3,(H,12,13)(H,15,16). The molecule has 0 atom stereocenters. The maximum atomic E-state index is 11.7. The third kappa shape index (κ3) is 5.22. The van der Waals surface area contributed by atoms with Gasteiger partial charge in [0.15, 0.2) is 0 Å². The number of carboxylic acids is 1. The van der Waals surface area contributed by atoms with E-state index in [9.17, 15) is 18.0 Å². The number of esters is 1. The molecule has 1 aromatic heterocycles. The monoisotopic (exact) mass is 302 g/mol. The van der Waals surface area contributed by atoms with E-state index >= 15 is 0 Å². The van der Waals surface area contributed by atoms with Gasteiger partial charge in [-0.15, -0.1) is 0 Å². The molecule has 0 aliphatic rings. The van der Waals surface area contributed by atoms with Crippen LogP contribution in [0, 0.1) is 0 Å². The largest absolute Gasteiger partial charge is 0.478 e. The van der Waals surface area contributed by atoms with Crippen molar-refractivity contribution in [3.05, 3.63) is 23.9 Å². The van der Waals surface area contributed by atoms with Gasteiger partial charge in [-0.25, -0.2) is 18.2 Å². The lowest BCUT2D eigenvalue weighted by Gasteiger charge is -2.07. The Morgan fingerprint density at radius 2 is 2.15 bits per heavy atom. The van der Waals surface area contributed by atoms with Gasteiger partial charge in [-0.2, -0.15) is 0 Å². The molecule has 0 radical (unpaired) electrons. The SMILES string of the molecule is CCOC(=O)CCS(=O)(=O)Nc1cc(C(=O)O)ccn1. The zero-order chi connectivity index (χ0) is 15.2. The van der Waals surface area contributed by atoms with Crippen molar-refractivity contribution in [1.82, 2.24) is 4.98 Å². The normalized spacial score (nSPS) is 10.8. The van der Waals surface area contributed by atoms with Crippen LogP contribution in [0.25, 0.3) is 0 Å². The zero-order valence-corrected chi connectivity index (χ0v) is 11.5. The van der Waals surface area contributed by atoms with E-state index < -0.39 is 27.7 Å². The molecule has 0 saturated heterocycles. The Kier molecular flexibility index (Phi) is 5.44. The molecule has 20 heavy (non-hydrogen) atoms. The maximum Gasteiger partial charge on any atom is 0.335 e. The highest BCUT2D eigenvalue weighted by Crippen LogP contribution is 2.09. The van der Waals surface area contributed by atoms with Crippen molar-refractivity contribution in [1.29, 1.82) is 0 Å². The van der Waals surface area contributed by atoms with Crippen LogP contribution in [0.3, 0.4) is 0 Å². The number of carboxylic acid groups (broad SMARTS) is 1. The van der Waals surface area contributed by atoms with E-state index in [1.54, 1.807) is 6.92 Å². The van der Waals surface area contributed by atoms with Crippen LogP contribution in [0.5, 0.6) is 0 Å². The molecule has 0 aliphatic heterocycles. The Balaban J connectivity index is 2.69. The molecule has 0 fully saturated rings. The minimum absolute atomic E-state index is 0.0944. The molecule has 0 unspecified atom stereocenters. The lowest BCUT2D eigenvalue weighted by molar-refractivity contribution is -0.142. The fraction of sp³-hybridized carbons (Fsp3) is 0.364. The second-order valence-corrected chi connectivity index (χ2v) is 5.55. The molecule has 9 heteroatoms. The van der Waals surface area contributed by atoms with Crippen molar-refractivity contribution >= 4 is 27.8 Å². The Morgan fingerprint density at radius 1 is 1.45 bits per heavy atom. The van der Waals surface area contributed by atoms with Crippen molar-refractivity contribution in [3.8, 4) is 0 Å². The molecule has 0 aliphatic carbocycles. The number of pyridine rings is 1. The minimum atomic E-state index is -3.80. The van der Waals surface area contributed by atoms with Crippen molar-refractivity contribution in [2.75, 3.05) is 17.1 Å². The lowest BCUT2D eigenvalue weighted by Crippen LogP contribution is -2.20. The Hall–Kier alpha value is -2.16. The van der Waals surface area contributed by atoms with Crippen molar-refractivity contribution < 1.29 is 27.9 Å². The molecular weight excluding hydrogens is 288 g/mol. The number of ether oxygens (including phenoxy) is 1. The summed E-state index contributed by atoms with van der Waals surface area (Å²) in [6, 6.07) is 2.32. The smallest absolute Gasteiger partial charge is 0.335 e. The molecule has 1 rings (SSSR count). The molecule has 2 N–H and O–H groups in total. The first-order valence-corrected chi connectivity index (χ1v) is 7.34. The summed E-state index contributed by atoms with van der Waals surface area (Å²) < 4.78 is 30.1. The second kappa shape index (κ2) is 6.85. The summed E-state index contributed by atoms with van der Waals surface area (Å²) in [5, 5.41) is 8.78. The van der Waals surface area contributed by atoms with Gasteiger partial charge in [0.1, 0.15) is 5.82 Å². The second-order valence-electron chi connectivity index (χ2n) is 3.71. The quantitative estimate of drug-likeness (QED) is 0.702. The number of aromatic nitrogens is 1. The minimum Gasteiger partial charge on any atom is -0.478 e. The fourth-order valence-corrected chi connectivity index (χ4v) is 2.25. The Bertz CT molecular complexity index is 599.